The molecule has 1 saturated heterocycles. The number of benzene rings is 1. The van der Waals surface area contributed by atoms with Crippen molar-refractivity contribution in [3.63, 3.8) is 0 Å². The van der Waals surface area contributed by atoms with Gasteiger partial charge in [-0.1, -0.05) is 18.2 Å². The standard InChI is InChI=1S/C20H29N3O3/c1-14(2)23-10-15(17-6-4-5-7-19(17)23)8-22-9-16(12-24)18(11-22)21-20(25)13-26-3/h4-7,10,14,16,18,24H,8-9,11-13H2,1-3H3,(H,21,25)/t16-,18+/m0/s1. The van der Waals surface area contributed by atoms with E-state index >= 15 is 0 Å². The summed E-state index contributed by atoms with van der Waals surface area (Å²) in [6, 6.07) is 8.84. The fourth-order valence-electron chi connectivity index (χ4n) is 3.89. The van der Waals surface area contributed by atoms with Crippen molar-refractivity contribution in [2.75, 3.05) is 33.4 Å². The van der Waals surface area contributed by atoms with Crippen molar-refractivity contribution in [2.24, 2.45) is 5.92 Å². The van der Waals surface area contributed by atoms with Crippen LogP contribution in [0.25, 0.3) is 10.9 Å². The third-order valence-electron chi connectivity index (χ3n) is 5.15. The van der Waals surface area contributed by atoms with Crippen molar-refractivity contribution in [3.8, 4) is 0 Å². The third kappa shape index (κ3) is 3.92. The first kappa shape index (κ1) is 18.9. The number of nitrogens with zero attached hydrogens (tertiary/aromatic N) is 2. The van der Waals surface area contributed by atoms with Crippen molar-refractivity contribution >= 4 is 16.8 Å². The van der Waals surface area contributed by atoms with Crippen LogP contribution in [0.15, 0.2) is 30.5 Å². The molecule has 2 aromatic rings. The minimum absolute atomic E-state index is 0.0406. The van der Waals surface area contributed by atoms with Crippen LogP contribution in [-0.2, 0) is 16.1 Å². The third-order valence-corrected chi connectivity index (χ3v) is 5.15. The molecule has 2 atom stereocenters. The predicted octanol–water partition coefficient (Wildman–Crippen LogP) is 1.78. The average molecular weight is 359 g/mol. The van der Waals surface area contributed by atoms with E-state index in [1.807, 2.05) is 0 Å². The molecular weight excluding hydrogens is 330 g/mol. The lowest BCUT2D eigenvalue weighted by molar-refractivity contribution is -0.125. The monoisotopic (exact) mass is 359 g/mol. The van der Waals surface area contributed by atoms with Gasteiger partial charge in [0.1, 0.15) is 6.61 Å². The first-order valence-corrected chi connectivity index (χ1v) is 9.23. The van der Waals surface area contributed by atoms with Crippen LogP contribution in [0.5, 0.6) is 0 Å². The van der Waals surface area contributed by atoms with Gasteiger partial charge in [-0.05, 0) is 25.5 Å². The summed E-state index contributed by atoms with van der Waals surface area (Å²) in [4.78, 5) is 14.1. The van der Waals surface area contributed by atoms with Gasteiger partial charge in [0.05, 0.1) is 0 Å². The van der Waals surface area contributed by atoms with Gasteiger partial charge in [-0.25, -0.2) is 0 Å². The number of carbonyl (C=O) groups excluding carboxylic acids is 1. The van der Waals surface area contributed by atoms with Crippen LogP contribution in [-0.4, -0.2) is 59.9 Å². The molecule has 0 radical (unpaired) electrons. The topological polar surface area (TPSA) is 66.7 Å². The predicted molar refractivity (Wildman–Crippen MR) is 102 cm³/mol. The maximum absolute atomic E-state index is 11.8. The minimum Gasteiger partial charge on any atom is -0.396 e. The number of aliphatic hydroxyl groups excluding tert-OH is 1. The number of amides is 1. The number of ether oxygens (including phenoxy) is 1. The second-order valence-corrected chi connectivity index (χ2v) is 7.42. The fraction of sp³-hybridized carbons (Fsp3) is 0.550. The highest BCUT2D eigenvalue weighted by Gasteiger charge is 2.33. The Morgan fingerprint density at radius 2 is 2.12 bits per heavy atom. The second kappa shape index (κ2) is 8.20. The second-order valence-electron chi connectivity index (χ2n) is 7.42. The number of methoxy groups -OCH3 is 1. The molecule has 142 valence electrons. The fourth-order valence-corrected chi connectivity index (χ4v) is 3.89. The van der Waals surface area contributed by atoms with Gasteiger partial charge in [0.2, 0.25) is 5.91 Å². The smallest absolute Gasteiger partial charge is 0.246 e. The van der Waals surface area contributed by atoms with Gasteiger partial charge in [-0.2, -0.15) is 0 Å². The van der Waals surface area contributed by atoms with Crippen molar-refractivity contribution in [2.45, 2.75) is 32.5 Å². The molecule has 3 rings (SSSR count). The summed E-state index contributed by atoms with van der Waals surface area (Å²) >= 11 is 0. The van der Waals surface area contributed by atoms with Gasteiger partial charge in [-0.15, -0.1) is 0 Å². The summed E-state index contributed by atoms with van der Waals surface area (Å²) in [6.45, 7) is 6.83. The summed E-state index contributed by atoms with van der Waals surface area (Å²) in [7, 11) is 1.51. The number of rotatable bonds is 7. The van der Waals surface area contributed by atoms with Gasteiger partial charge in [0.25, 0.3) is 0 Å². The highest BCUT2D eigenvalue weighted by Crippen LogP contribution is 2.27. The summed E-state index contributed by atoms with van der Waals surface area (Å²) in [5, 5.41) is 14.0. The van der Waals surface area contributed by atoms with E-state index in [2.05, 4.69) is 59.1 Å². The van der Waals surface area contributed by atoms with Crippen molar-refractivity contribution < 1.29 is 14.6 Å². The molecule has 1 fully saturated rings. The molecule has 0 unspecified atom stereocenters. The van der Waals surface area contributed by atoms with Crippen LogP contribution >= 0.6 is 0 Å². The number of fused-ring (bicyclic) bond motifs is 1. The number of carbonyl (C=O) groups is 1. The van der Waals surface area contributed by atoms with Crippen LogP contribution in [0.3, 0.4) is 0 Å². The zero-order valence-electron chi connectivity index (χ0n) is 15.8. The number of para-hydroxylation sites is 1. The molecule has 2 heterocycles. The Kier molecular flexibility index (Phi) is 5.96. The van der Waals surface area contributed by atoms with E-state index in [4.69, 9.17) is 4.74 Å². The molecule has 6 heteroatoms. The van der Waals surface area contributed by atoms with E-state index in [0.717, 1.165) is 19.6 Å². The molecule has 1 aromatic carbocycles. The molecule has 1 aromatic heterocycles. The number of hydrogen-bond donors (Lipinski definition) is 2. The quantitative estimate of drug-likeness (QED) is 0.791. The van der Waals surface area contributed by atoms with Crippen LogP contribution in [0.1, 0.15) is 25.5 Å². The van der Waals surface area contributed by atoms with Gasteiger partial charge in [-0.3, -0.25) is 9.69 Å². The first-order valence-electron chi connectivity index (χ1n) is 9.23. The zero-order chi connectivity index (χ0) is 18.7. The van der Waals surface area contributed by atoms with Crippen molar-refractivity contribution in [3.05, 3.63) is 36.0 Å². The Hall–Kier alpha value is -1.89. The van der Waals surface area contributed by atoms with E-state index in [1.165, 1.54) is 23.6 Å². The molecule has 26 heavy (non-hydrogen) atoms. The van der Waals surface area contributed by atoms with Gasteiger partial charge in [0.15, 0.2) is 0 Å². The average Bonchev–Trinajstić information content (AvgIpc) is 3.17. The normalized spacial score (nSPS) is 21.0. The molecule has 1 aliphatic rings. The minimum atomic E-state index is -0.130. The number of nitrogens with one attached hydrogen (secondary N) is 1. The molecule has 0 bridgehead atoms. The summed E-state index contributed by atoms with van der Waals surface area (Å²) in [5.41, 5.74) is 2.54. The SMILES string of the molecule is COCC(=O)N[C@@H]1CN(Cc2cn(C(C)C)c3ccccc23)C[C@H]1CO. The molecule has 1 amide bonds. The summed E-state index contributed by atoms with van der Waals surface area (Å²) in [6.07, 6.45) is 2.24. The van der Waals surface area contributed by atoms with Crippen LogP contribution in [0, 0.1) is 5.92 Å². The zero-order valence-corrected chi connectivity index (χ0v) is 15.8. The Bertz CT molecular complexity index is 756. The molecule has 2 N–H and O–H groups in total. The molecule has 0 spiro atoms. The van der Waals surface area contributed by atoms with E-state index in [9.17, 15) is 9.90 Å². The Morgan fingerprint density at radius 3 is 2.81 bits per heavy atom. The van der Waals surface area contributed by atoms with Gasteiger partial charge < -0.3 is 19.7 Å². The molecule has 6 nitrogen and oxygen atoms in total. The Balaban J connectivity index is 1.75. The lowest BCUT2D eigenvalue weighted by atomic mass is 10.1. The molecule has 0 aliphatic carbocycles. The van der Waals surface area contributed by atoms with E-state index in [0.29, 0.717) is 6.04 Å². The maximum Gasteiger partial charge on any atom is 0.246 e. The van der Waals surface area contributed by atoms with Crippen LogP contribution in [0.4, 0.5) is 0 Å². The highest BCUT2D eigenvalue weighted by atomic mass is 16.5. The molecular formula is C20H29N3O3. The lowest BCUT2D eigenvalue weighted by Gasteiger charge is -2.17. The summed E-state index contributed by atoms with van der Waals surface area (Å²) < 4.78 is 7.20. The van der Waals surface area contributed by atoms with Crippen molar-refractivity contribution in [1.82, 2.24) is 14.8 Å². The van der Waals surface area contributed by atoms with Crippen molar-refractivity contribution in [1.29, 1.82) is 0 Å². The van der Waals surface area contributed by atoms with Gasteiger partial charge >= 0.3 is 0 Å². The first-order chi connectivity index (χ1) is 12.5. The Morgan fingerprint density at radius 1 is 1.35 bits per heavy atom. The van der Waals surface area contributed by atoms with E-state index in [1.54, 1.807) is 0 Å². The van der Waals surface area contributed by atoms with Crippen LogP contribution in [0.2, 0.25) is 0 Å². The molecule has 1 aliphatic heterocycles. The number of aliphatic hydroxyl groups is 1. The number of aromatic nitrogens is 1. The van der Waals surface area contributed by atoms with Gasteiger partial charge in [0, 0.05) is 68.5 Å². The van der Waals surface area contributed by atoms with Crippen LogP contribution < -0.4 is 5.32 Å². The largest absolute Gasteiger partial charge is 0.396 e. The summed E-state index contributed by atoms with van der Waals surface area (Å²) in [5.74, 6) is -0.0801. The Labute approximate surface area is 154 Å². The number of hydrogen-bond acceptors (Lipinski definition) is 4. The maximum atomic E-state index is 11.8. The van der Waals surface area contributed by atoms with E-state index in [-0.39, 0.29) is 31.1 Å². The molecule has 0 saturated carbocycles. The highest BCUT2D eigenvalue weighted by molar-refractivity contribution is 5.84. The van der Waals surface area contributed by atoms with E-state index < -0.39 is 0 Å². The lowest BCUT2D eigenvalue weighted by Crippen LogP contribution is -2.43. The number of likely N-dealkylation sites (tertiary alicyclic amines) is 1.